The second-order valence-corrected chi connectivity index (χ2v) is 9.34. The van der Waals surface area contributed by atoms with Gasteiger partial charge in [0.25, 0.3) is 11.5 Å². The Bertz CT molecular complexity index is 1560. The van der Waals surface area contributed by atoms with Crippen LogP contribution in [0.3, 0.4) is 0 Å². The highest BCUT2D eigenvalue weighted by molar-refractivity contribution is 9.10. The molecule has 0 aliphatic carbocycles. The zero-order valence-corrected chi connectivity index (χ0v) is 20.1. The van der Waals surface area contributed by atoms with Crippen molar-refractivity contribution in [2.24, 2.45) is 0 Å². The van der Waals surface area contributed by atoms with Crippen molar-refractivity contribution in [2.75, 3.05) is 11.4 Å². The molecule has 1 aliphatic rings. The first kappa shape index (κ1) is 21.5. The van der Waals surface area contributed by atoms with Crippen molar-refractivity contribution in [1.82, 2.24) is 14.6 Å². The fourth-order valence-corrected chi connectivity index (χ4v) is 5.22. The number of esters is 1. The van der Waals surface area contributed by atoms with Crippen LogP contribution in [0, 0.1) is 0 Å². The topological polar surface area (TPSA) is 93.9 Å². The molecule has 166 valence electrons. The maximum atomic E-state index is 13.3. The molecule has 0 saturated carbocycles. The maximum absolute atomic E-state index is 13.3. The highest BCUT2D eigenvalue weighted by atomic mass is 79.9. The number of hydrogen-bond donors (Lipinski definition) is 0. The Morgan fingerprint density at radius 1 is 1.15 bits per heavy atom. The molecule has 33 heavy (non-hydrogen) atoms. The second-order valence-electron chi connectivity index (χ2n) is 7.45. The molecule has 2 aromatic heterocycles. The summed E-state index contributed by atoms with van der Waals surface area (Å²) in [6.45, 7) is 3.87. The van der Waals surface area contributed by atoms with E-state index in [0.717, 1.165) is 27.9 Å². The van der Waals surface area contributed by atoms with Crippen LogP contribution in [-0.2, 0) is 9.59 Å². The van der Waals surface area contributed by atoms with E-state index in [9.17, 15) is 14.4 Å². The maximum Gasteiger partial charge on any atom is 0.308 e. The lowest BCUT2D eigenvalue weighted by atomic mass is 10.1. The summed E-state index contributed by atoms with van der Waals surface area (Å²) in [6, 6.07) is 12.5. The summed E-state index contributed by atoms with van der Waals surface area (Å²) < 4.78 is 7.56. The van der Waals surface area contributed by atoms with Crippen LogP contribution >= 0.6 is 27.3 Å². The van der Waals surface area contributed by atoms with Gasteiger partial charge >= 0.3 is 5.97 Å². The van der Waals surface area contributed by atoms with Crippen molar-refractivity contribution < 1.29 is 14.3 Å². The summed E-state index contributed by atoms with van der Waals surface area (Å²) in [5.74, 6) is -0.0923. The number of para-hydroxylation sites is 1. The summed E-state index contributed by atoms with van der Waals surface area (Å²) >= 11 is 4.58. The quantitative estimate of drug-likeness (QED) is 0.300. The Morgan fingerprint density at radius 3 is 2.67 bits per heavy atom. The lowest BCUT2D eigenvalue weighted by Gasteiger charge is -2.15. The van der Waals surface area contributed by atoms with Crippen LogP contribution in [0.5, 0.6) is 5.75 Å². The molecule has 5 rings (SSSR count). The Labute approximate surface area is 200 Å². The smallest absolute Gasteiger partial charge is 0.308 e. The van der Waals surface area contributed by atoms with E-state index in [0.29, 0.717) is 38.5 Å². The van der Waals surface area contributed by atoms with Gasteiger partial charge in [-0.1, -0.05) is 46.3 Å². The van der Waals surface area contributed by atoms with Gasteiger partial charge in [0.15, 0.2) is 5.82 Å². The Hall–Kier alpha value is -3.37. The van der Waals surface area contributed by atoms with E-state index in [1.165, 1.54) is 11.4 Å². The number of fused-ring (bicyclic) bond motifs is 2. The van der Waals surface area contributed by atoms with Gasteiger partial charge in [-0.05, 0) is 36.8 Å². The van der Waals surface area contributed by atoms with E-state index < -0.39 is 11.5 Å². The minimum absolute atomic E-state index is 0.202. The third-order valence-corrected chi connectivity index (χ3v) is 6.71. The number of amides is 1. The van der Waals surface area contributed by atoms with E-state index >= 15 is 0 Å². The summed E-state index contributed by atoms with van der Waals surface area (Å²) in [7, 11) is 0. The van der Waals surface area contributed by atoms with Crippen LogP contribution in [-0.4, -0.2) is 33.0 Å². The minimum atomic E-state index is -0.465. The zero-order chi connectivity index (χ0) is 23.3. The van der Waals surface area contributed by atoms with Gasteiger partial charge in [-0.2, -0.15) is 9.50 Å². The molecule has 0 unspecified atom stereocenters. The van der Waals surface area contributed by atoms with Gasteiger partial charge in [0.05, 0.1) is 16.8 Å². The molecule has 0 atom stereocenters. The van der Waals surface area contributed by atoms with Crippen molar-refractivity contribution in [3.63, 3.8) is 0 Å². The molecule has 0 N–H and O–H groups in total. The van der Waals surface area contributed by atoms with Gasteiger partial charge in [0.1, 0.15) is 10.3 Å². The monoisotopic (exact) mass is 524 g/mol. The minimum Gasteiger partial charge on any atom is -0.426 e. The van der Waals surface area contributed by atoms with Gasteiger partial charge in [0.2, 0.25) is 4.96 Å². The number of aromatic nitrogens is 3. The van der Waals surface area contributed by atoms with E-state index in [-0.39, 0.29) is 11.7 Å². The van der Waals surface area contributed by atoms with Crippen LogP contribution in [0.4, 0.5) is 5.69 Å². The van der Waals surface area contributed by atoms with E-state index in [2.05, 4.69) is 26.0 Å². The van der Waals surface area contributed by atoms with Crippen LogP contribution < -0.4 is 19.7 Å². The van der Waals surface area contributed by atoms with Crippen molar-refractivity contribution in [3.8, 4) is 17.1 Å². The Kier molecular flexibility index (Phi) is 5.34. The lowest BCUT2D eigenvalue weighted by molar-refractivity contribution is -0.131. The average Bonchev–Trinajstić information content (AvgIpc) is 3.40. The van der Waals surface area contributed by atoms with Crippen LogP contribution in [0.25, 0.3) is 21.9 Å². The summed E-state index contributed by atoms with van der Waals surface area (Å²) in [5, 5.41) is 4.36. The summed E-state index contributed by atoms with van der Waals surface area (Å²) in [4.78, 5) is 44.6. The van der Waals surface area contributed by atoms with E-state index in [1.807, 2.05) is 25.1 Å². The number of benzene rings is 2. The molecule has 4 aromatic rings. The molecule has 0 bridgehead atoms. The normalized spacial score (nSPS) is 14.8. The second kappa shape index (κ2) is 8.20. The van der Waals surface area contributed by atoms with Crippen LogP contribution in [0.15, 0.2) is 51.7 Å². The predicted octanol–water partition coefficient (Wildman–Crippen LogP) is 3.18. The molecule has 2 aromatic carbocycles. The van der Waals surface area contributed by atoms with Gasteiger partial charge in [0, 0.05) is 23.5 Å². The SMILES string of the molecule is CCCN1C(=O)C(=c2sc3nc(-c4ccccc4OC(C)=O)nn3c2=O)c2cc(Br)ccc21. The van der Waals surface area contributed by atoms with Gasteiger partial charge in [-0.3, -0.25) is 14.4 Å². The highest BCUT2D eigenvalue weighted by Gasteiger charge is 2.34. The molecule has 0 radical (unpaired) electrons. The number of rotatable bonds is 4. The van der Waals surface area contributed by atoms with Crippen molar-refractivity contribution in [1.29, 1.82) is 0 Å². The molecule has 1 amide bonds. The summed E-state index contributed by atoms with van der Waals surface area (Å²) in [6.07, 6.45) is 0.791. The summed E-state index contributed by atoms with van der Waals surface area (Å²) in [5.41, 5.74) is 1.95. The average molecular weight is 525 g/mol. The molecule has 0 fully saturated rings. The molecule has 8 nitrogen and oxygen atoms in total. The van der Waals surface area contributed by atoms with Gasteiger partial charge < -0.3 is 9.64 Å². The Morgan fingerprint density at radius 2 is 1.94 bits per heavy atom. The number of carbonyl (C=O) groups is 2. The van der Waals surface area contributed by atoms with Gasteiger partial charge in [-0.15, -0.1) is 5.10 Å². The van der Waals surface area contributed by atoms with Crippen LogP contribution in [0.2, 0.25) is 0 Å². The van der Waals surface area contributed by atoms with Crippen LogP contribution in [0.1, 0.15) is 25.8 Å². The zero-order valence-electron chi connectivity index (χ0n) is 17.7. The molecule has 10 heteroatoms. The lowest BCUT2D eigenvalue weighted by Crippen LogP contribution is -2.32. The standard InChI is InChI=1S/C23H17BrN4O4S/c1-3-10-27-16-9-8-13(24)11-15(16)18(21(27)30)19-22(31)28-23(33-19)25-20(26-28)14-6-4-5-7-17(14)32-12(2)29/h4-9,11H,3,10H2,1-2H3. The number of anilines is 1. The number of halogens is 1. The largest absolute Gasteiger partial charge is 0.426 e. The van der Waals surface area contributed by atoms with E-state index in [1.54, 1.807) is 29.2 Å². The Balaban J connectivity index is 1.70. The molecule has 0 spiro atoms. The number of hydrogen-bond acceptors (Lipinski definition) is 7. The highest BCUT2D eigenvalue weighted by Crippen LogP contribution is 2.37. The fraction of sp³-hybridized carbons (Fsp3) is 0.174. The first-order valence-electron chi connectivity index (χ1n) is 10.2. The van der Waals surface area contributed by atoms with Crippen molar-refractivity contribution >= 4 is 55.4 Å². The molecule has 0 saturated heterocycles. The van der Waals surface area contributed by atoms with Crippen molar-refractivity contribution in [3.05, 3.63) is 67.4 Å². The number of carbonyl (C=O) groups excluding carboxylic acids is 2. The molecule has 1 aliphatic heterocycles. The molecular formula is C23H17BrN4O4S. The molecular weight excluding hydrogens is 508 g/mol. The first-order valence-corrected chi connectivity index (χ1v) is 11.8. The first-order chi connectivity index (χ1) is 15.9. The fourth-order valence-electron chi connectivity index (χ4n) is 3.86. The third kappa shape index (κ3) is 3.55. The predicted molar refractivity (Wildman–Crippen MR) is 128 cm³/mol. The number of ether oxygens (including phenoxy) is 1. The van der Waals surface area contributed by atoms with E-state index in [4.69, 9.17) is 4.74 Å². The third-order valence-electron chi connectivity index (χ3n) is 5.19. The molecule has 3 heterocycles. The van der Waals surface area contributed by atoms with Gasteiger partial charge in [-0.25, -0.2) is 0 Å². The van der Waals surface area contributed by atoms with Crippen molar-refractivity contribution in [2.45, 2.75) is 20.3 Å². The number of nitrogens with zero attached hydrogens (tertiary/aromatic N) is 4. The number of thiazole rings is 1.